The minimum Gasteiger partial charge on any atom is -0.394 e. The molecule has 36 heavy (non-hydrogen) atoms. The molecule has 3 amide bonds. The molecule has 0 saturated carbocycles. The Kier molecular flexibility index (Phi) is 8.77. The highest BCUT2D eigenvalue weighted by atomic mass is 16.5. The van der Waals surface area contributed by atoms with Crippen molar-refractivity contribution in [3.05, 3.63) is 48.0 Å². The van der Waals surface area contributed by atoms with Crippen LogP contribution in [0.15, 0.2) is 42.5 Å². The summed E-state index contributed by atoms with van der Waals surface area (Å²) < 4.78 is 5.39. The fraction of sp³-hybridized carbons (Fsp3) is 0.593. The zero-order valence-corrected chi connectivity index (χ0v) is 21.1. The van der Waals surface area contributed by atoms with Crippen LogP contribution < -0.4 is 10.6 Å². The molecule has 2 fully saturated rings. The van der Waals surface area contributed by atoms with Gasteiger partial charge in [-0.3, -0.25) is 19.3 Å². The molecular formula is C27H38N4O5. The molecule has 1 aliphatic carbocycles. The van der Waals surface area contributed by atoms with Crippen LogP contribution in [0.5, 0.6) is 0 Å². The van der Waals surface area contributed by atoms with Gasteiger partial charge in [-0.15, -0.1) is 0 Å². The Morgan fingerprint density at radius 3 is 2.53 bits per heavy atom. The third-order valence-electron chi connectivity index (χ3n) is 7.78. The minimum absolute atomic E-state index is 0.137. The summed E-state index contributed by atoms with van der Waals surface area (Å²) >= 11 is 0. The van der Waals surface area contributed by atoms with Crippen molar-refractivity contribution in [3.8, 4) is 0 Å². The second-order valence-electron chi connectivity index (χ2n) is 9.95. The molecule has 1 aromatic rings. The monoisotopic (exact) mass is 498 g/mol. The smallest absolute Gasteiger partial charge is 0.243 e. The van der Waals surface area contributed by atoms with Crippen LogP contribution in [-0.2, 0) is 25.5 Å². The van der Waals surface area contributed by atoms with E-state index in [0.717, 1.165) is 18.7 Å². The Labute approximate surface area is 212 Å². The number of carbonyl (C=O) groups excluding carboxylic acids is 3. The van der Waals surface area contributed by atoms with Crippen LogP contribution in [0.4, 0.5) is 0 Å². The van der Waals surface area contributed by atoms with Crippen LogP contribution >= 0.6 is 0 Å². The highest BCUT2D eigenvalue weighted by Crippen LogP contribution is 2.44. The Hall–Kier alpha value is -2.75. The van der Waals surface area contributed by atoms with Gasteiger partial charge in [0.15, 0.2) is 0 Å². The van der Waals surface area contributed by atoms with E-state index >= 15 is 0 Å². The van der Waals surface area contributed by atoms with E-state index in [1.165, 1.54) is 0 Å². The molecule has 2 heterocycles. The predicted octanol–water partition coefficient (Wildman–Crippen LogP) is 0.0497. The largest absolute Gasteiger partial charge is 0.394 e. The Balaban J connectivity index is 1.59. The molecule has 2 saturated heterocycles. The number of nitrogens with one attached hydrogen (secondary N) is 2. The van der Waals surface area contributed by atoms with E-state index in [2.05, 4.69) is 15.5 Å². The number of likely N-dealkylation sites (tertiary alicyclic amines) is 1. The second kappa shape index (κ2) is 12.0. The van der Waals surface area contributed by atoms with Gasteiger partial charge in [0.2, 0.25) is 17.7 Å². The lowest BCUT2D eigenvalue weighted by Gasteiger charge is -2.34. The van der Waals surface area contributed by atoms with Crippen molar-refractivity contribution in [2.24, 2.45) is 23.7 Å². The van der Waals surface area contributed by atoms with E-state index in [1.54, 1.807) is 11.9 Å². The van der Waals surface area contributed by atoms with Gasteiger partial charge < -0.3 is 25.4 Å². The summed E-state index contributed by atoms with van der Waals surface area (Å²) in [5, 5.41) is 16.1. The first-order valence-electron chi connectivity index (χ1n) is 12.9. The number of fused-ring (bicyclic) bond motifs is 1. The minimum atomic E-state index is -0.788. The maximum atomic E-state index is 13.9. The predicted molar refractivity (Wildman–Crippen MR) is 135 cm³/mol. The van der Waals surface area contributed by atoms with Gasteiger partial charge in [0.05, 0.1) is 37.7 Å². The van der Waals surface area contributed by atoms with Gasteiger partial charge >= 0.3 is 0 Å². The average molecular weight is 499 g/mol. The third-order valence-corrected chi connectivity index (χ3v) is 7.78. The maximum absolute atomic E-state index is 13.9. The highest BCUT2D eigenvalue weighted by Gasteiger charge is 2.57. The van der Waals surface area contributed by atoms with E-state index in [1.807, 2.05) is 49.4 Å². The van der Waals surface area contributed by atoms with Crippen LogP contribution in [0.2, 0.25) is 0 Å². The van der Waals surface area contributed by atoms with Crippen molar-refractivity contribution in [1.82, 2.24) is 20.4 Å². The van der Waals surface area contributed by atoms with Crippen molar-refractivity contribution in [1.29, 1.82) is 0 Å². The summed E-state index contributed by atoms with van der Waals surface area (Å²) in [6, 6.07) is 8.27. The molecule has 0 bridgehead atoms. The quantitative estimate of drug-likeness (QED) is 0.415. The Morgan fingerprint density at radius 2 is 1.86 bits per heavy atom. The maximum Gasteiger partial charge on any atom is 0.243 e. The molecule has 196 valence electrons. The number of hydrogen-bond acceptors (Lipinski definition) is 6. The van der Waals surface area contributed by atoms with Crippen molar-refractivity contribution in [2.75, 3.05) is 53.0 Å². The molecule has 3 N–H and O–H groups in total. The van der Waals surface area contributed by atoms with Crippen molar-refractivity contribution in [2.45, 2.75) is 25.4 Å². The summed E-state index contributed by atoms with van der Waals surface area (Å²) in [5.41, 5.74) is 0.970. The van der Waals surface area contributed by atoms with Crippen LogP contribution in [0, 0.1) is 23.7 Å². The normalized spacial score (nSPS) is 29.0. The van der Waals surface area contributed by atoms with E-state index in [-0.39, 0.29) is 30.2 Å². The fourth-order valence-electron chi connectivity index (χ4n) is 5.90. The molecular weight excluding hydrogens is 460 g/mol. The summed E-state index contributed by atoms with van der Waals surface area (Å²) in [4.78, 5) is 44.2. The molecule has 0 unspecified atom stereocenters. The van der Waals surface area contributed by atoms with Crippen LogP contribution in [0.25, 0.3) is 0 Å². The van der Waals surface area contributed by atoms with Gasteiger partial charge in [-0.05, 0) is 17.9 Å². The Morgan fingerprint density at radius 1 is 1.14 bits per heavy atom. The second-order valence-corrected chi connectivity index (χ2v) is 9.95. The third kappa shape index (κ3) is 5.48. The lowest BCUT2D eigenvalue weighted by molar-refractivity contribution is -0.143. The number of aliphatic hydroxyl groups excluding tert-OH is 1. The van der Waals surface area contributed by atoms with Gasteiger partial charge in [0.25, 0.3) is 0 Å². The van der Waals surface area contributed by atoms with Crippen molar-refractivity contribution < 1.29 is 24.2 Å². The Bertz CT molecular complexity index is 949. The van der Waals surface area contributed by atoms with Gasteiger partial charge in [-0.25, -0.2) is 0 Å². The first-order valence-corrected chi connectivity index (χ1v) is 12.9. The molecule has 2 aliphatic heterocycles. The molecule has 3 aliphatic rings. The number of amides is 3. The van der Waals surface area contributed by atoms with Gasteiger partial charge in [-0.1, -0.05) is 49.4 Å². The van der Waals surface area contributed by atoms with E-state index in [9.17, 15) is 19.5 Å². The number of hydrogen-bond donors (Lipinski definition) is 3. The summed E-state index contributed by atoms with van der Waals surface area (Å²) in [6.45, 7) is 5.82. The number of benzene rings is 1. The van der Waals surface area contributed by atoms with E-state index in [4.69, 9.17) is 4.74 Å². The van der Waals surface area contributed by atoms with Crippen molar-refractivity contribution >= 4 is 17.7 Å². The van der Waals surface area contributed by atoms with Crippen LogP contribution in [-0.4, -0.2) is 97.8 Å². The lowest BCUT2D eigenvalue weighted by Crippen LogP contribution is -2.54. The van der Waals surface area contributed by atoms with Gasteiger partial charge in [-0.2, -0.15) is 0 Å². The highest BCUT2D eigenvalue weighted by molar-refractivity contribution is 5.97. The number of rotatable bonds is 9. The van der Waals surface area contributed by atoms with Gasteiger partial charge in [0.1, 0.15) is 6.04 Å². The molecule has 4 rings (SSSR count). The number of allylic oxidation sites excluding steroid dienone is 1. The zero-order valence-electron chi connectivity index (χ0n) is 21.1. The molecule has 9 nitrogen and oxygen atoms in total. The topological polar surface area (TPSA) is 111 Å². The molecule has 9 heteroatoms. The lowest BCUT2D eigenvalue weighted by atomic mass is 9.70. The first-order chi connectivity index (χ1) is 17.5. The average Bonchev–Trinajstić information content (AvgIpc) is 3.20. The van der Waals surface area contributed by atoms with E-state index < -0.39 is 29.8 Å². The summed E-state index contributed by atoms with van der Waals surface area (Å²) in [7, 11) is 1.57. The standard InChI is InChI=1S/C27H38N4O5/c1-18-8-9-21-23(22(18)25(33)28-2)27(35)31(20(17-32)16-19-6-4-3-5-7-19)24(21)26(34)29-10-11-30-12-14-36-15-13-30/h3-9,18,20-24,32H,10-17H2,1-2H3,(H,28,33)(H,29,34)/t18-,20-,21+,22-,23+,24+/m1/s1. The van der Waals surface area contributed by atoms with Crippen molar-refractivity contribution in [3.63, 3.8) is 0 Å². The molecule has 0 radical (unpaired) electrons. The summed E-state index contributed by atoms with van der Waals surface area (Å²) in [5.74, 6) is -2.48. The molecule has 0 aromatic heterocycles. The van der Waals surface area contributed by atoms with Gasteiger partial charge in [0, 0.05) is 39.1 Å². The number of nitrogens with zero attached hydrogens (tertiary/aromatic N) is 2. The molecule has 0 spiro atoms. The molecule has 6 atom stereocenters. The summed E-state index contributed by atoms with van der Waals surface area (Å²) in [6.07, 6.45) is 4.29. The molecule has 1 aromatic carbocycles. The fourth-order valence-corrected chi connectivity index (χ4v) is 5.90. The van der Waals surface area contributed by atoms with Crippen LogP contribution in [0.1, 0.15) is 12.5 Å². The number of carbonyl (C=O) groups is 3. The van der Waals surface area contributed by atoms with Crippen LogP contribution in [0.3, 0.4) is 0 Å². The first kappa shape index (κ1) is 26.3. The SMILES string of the molecule is CNC(=O)[C@H]1[C@H]2C(=O)N([C@@H](CO)Cc3ccccc3)[C@H](C(=O)NCCN3CCOCC3)[C@H]2C=C[C@H]1C. The zero-order chi connectivity index (χ0) is 25.7. The number of ether oxygens (including phenoxy) is 1. The number of morpholine rings is 1. The number of aliphatic hydroxyl groups is 1. The van der Waals surface area contributed by atoms with E-state index in [0.29, 0.717) is 32.7 Å².